The third kappa shape index (κ3) is 8.30. The van der Waals surface area contributed by atoms with Gasteiger partial charge in [-0.3, -0.25) is 9.36 Å². The quantitative estimate of drug-likeness (QED) is 0.216. The predicted octanol–water partition coefficient (Wildman–Crippen LogP) is 4.95. The summed E-state index contributed by atoms with van der Waals surface area (Å²) in [7, 11) is -3.75. The molecule has 1 N–H and O–H groups in total. The Bertz CT molecular complexity index is 1180. The van der Waals surface area contributed by atoms with Crippen LogP contribution in [0.3, 0.4) is 0 Å². The van der Waals surface area contributed by atoms with Crippen molar-refractivity contribution in [3.05, 3.63) is 71.8 Å². The fourth-order valence-corrected chi connectivity index (χ4v) is 7.25. The van der Waals surface area contributed by atoms with E-state index in [1.165, 1.54) is 6.92 Å². The fourth-order valence-electron chi connectivity index (χ4n) is 5.27. The lowest BCUT2D eigenvalue weighted by molar-refractivity contribution is -0.348. The first-order chi connectivity index (χ1) is 20.7. The summed E-state index contributed by atoms with van der Waals surface area (Å²) in [5.74, 6) is -0.318. The van der Waals surface area contributed by atoms with E-state index >= 15 is 0 Å². The zero-order valence-electron chi connectivity index (χ0n) is 25.5. The van der Waals surface area contributed by atoms with E-state index in [0.717, 1.165) is 11.1 Å². The molecule has 0 aromatic heterocycles. The van der Waals surface area contributed by atoms with Crippen LogP contribution in [0.1, 0.15) is 52.0 Å². The van der Waals surface area contributed by atoms with Crippen molar-refractivity contribution in [2.75, 3.05) is 32.8 Å². The van der Waals surface area contributed by atoms with Gasteiger partial charge < -0.3 is 43.0 Å². The van der Waals surface area contributed by atoms with Crippen molar-refractivity contribution >= 4 is 13.3 Å². The van der Waals surface area contributed by atoms with E-state index in [9.17, 15) is 9.36 Å². The predicted molar refractivity (Wildman–Crippen MR) is 158 cm³/mol. The van der Waals surface area contributed by atoms with Crippen LogP contribution in [-0.2, 0) is 53.6 Å². The van der Waals surface area contributed by atoms with Gasteiger partial charge in [-0.2, -0.15) is 0 Å². The number of nitrogens with one attached hydrogen (secondary N) is 1. The van der Waals surface area contributed by atoms with E-state index in [1.54, 1.807) is 27.7 Å². The molecule has 0 spiro atoms. The molecule has 0 aliphatic carbocycles. The highest BCUT2D eigenvalue weighted by Gasteiger charge is 2.54. The molecule has 2 aromatic carbocycles. The number of rotatable bonds is 15. The standard InChI is InChI=1S/C31H44NO10P/c1-6-38-31(5,39-7-2)43(34,40-8-3)21-37-28-26(32-22(4)33)30(35-19-23-15-11-9-12-16-23)41-25-20-36-29(42-27(25)28)24-17-13-10-14-18-24/h9-18,25-30H,6-8,19-21H2,1-5H3,(H,32,33)/t25-,26-,27-,28-,29?,30+,43?/m1/s1. The van der Waals surface area contributed by atoms with Crippen LogP contribution in [0, 0.1) is 0 Å². The van der Waals surface area contributed by atoms with Crippen molar-refractivity contribution in [3.63, 3.8) is 0 Å². The second-order valence-corrected chi connectivity index (χ2v) is 13.0. The van der Waals surface area contributed by atoms with Crippen LogP contribution in [0.5, 0.6) is 0 Å². The summed E-state index contributed by atoms with van der Waals surface area (Å²) in [5.41, 5.74) is 0.198. The summed E-state index contributed by atoms with van der Waals surface area (Å²) in [5, 5.41) is 2.94. The lowest BCUT2D eigenvalue weighted by Crippen LogP contribution is -2.67. The van der Waals surface area contributed by atoms with E-state index in [1.807, 2.05) is 60.7 Å². The van der Waals surface area contributed by atoms with Crippen LogP contribution in [0.15, 0.2) is 60.7 Å². The molecule has 43 heavy (non-hydrogen) atoms. The molecule has 1 amide bonds. The van der Waals surface area contributed by atoms with Crippen LogP contribution in [0.25, 0.3) is 0 Å². The third-order valence-electron chi connectivity index (χ3n) is 7.26. The van der Waals surface area contributed by atoms with Gasteiger partial charge in [0.1, 0.15) is 30.7 Å². The Morgan fingerprint density at radius 2 is 1.60 bits per heavy atom. The second kappa shape index (κ2) is 15.7. The molecule has 0 radical (unpaired) electrons. The molecule has 2 fully saturated rings. The van der Waals surface area contributed by atoms with Gasteiger partial charge in [-0.15, -0.1) is 0 Å². The number of hydrogen-bond acceptors (Lipinski definition) is 10. The summed E-state index contributed by atoms with van der Waals surface area (Å²) >= 11 is 0. The largest absolute Gasteiger partial charge is 0.363 e. The van der Waals surface area contributed by atoms with Crippen molar-refractivity contribution in [1.82, 2.24) is 5.32 Å². The Hall–Kier alpha value is -2.18. The monoisotopic (exact) mass is 621 g/mol. The highest BCUT2D eigenvalue weighted by Crippen LogP contribution is 2.60. The summed E-state index contributed by atoms with van der Waals surface area (Å²) < 4.78 is 63.5. The number of fused-ring (bicyclic) bond motifs is 1. The highest BCUT2D eigenvalue weighted by atomic mass is 31.2. The van der Waals surface area contributed by atoms with Crippen molar-refractivity contribution in [3.8, 4) is 0 Å². The Labute approximate surface area is 253 Å². The Balaban J connectivity index is 1.66. The highest BCUT2D eigenvalue weighted by molar-refractivity contribution is 7.60. The summed E-state index contributed by atoms with van der Waals surface area (Å²) in [6.07, 6.45) is -4.17. The van der Waals surface area contributed by atoms with E-state index < -0.39 is 49.8 Å². The van der Waals surface area contributed by atoms with Crippen LogP contribution >= 0.6 is 7.37 Å². The zero-order chi connectivity index (χ0) is 30.9. The normalized spacial score (nSPS) is 27.2. The van der Waals surface area contributed by atoms with Gasteiger partial charge >= 0.3 is 0 Å². The fraction of sp³-hybridized carbons (Fsp3) is 0.581. The molecule has 2 saturated heterocycles. The Kier molecular flexibility index (Phi) is 12.3. The zero-order valence-corrected chi connectivity index (χ0v) is 26.4. The first-order valence-corrected chi connectivity index (χ1v) is 16.6. The van der Waals surface area contributed by atoms with E-state index in [-0.39, 0.29) is 45.3 Å². The molecule has 4 rings (SSSR count). The minimum atomic E-state index is -3.75. The molecule has 7 atom stereocenters. The Morgan fingerprint density at radius 1 is 0.953 bits per heavy atom. The molecule has 0 saturated carbocycles. The Morgan fingerprint density at radius 3 is 2.21 bits per heavy atom. The van der Waals surface area contributed by atoms with Crippen LogP contribution in [0.4, 0.5) is 0 Å². The minimum Gasteiger partial charge on any atom is -0.363 e. The van der Waals surface area contributed by atoms with Crippen molar-refractivity contribution in [1.29, 1.82) is 0 Å². The average Bonchev–Trinajstić information content (AvgIpc) is 3.00. The van der Waals surface area contributed by atoms with Crippen LogP contribution in [0.2, 0.25) is 0 Å². The molecular formula is C31H44NO10P. The first kappa shape index (κ1) is 33.7. The summed E-state index contributed by atoms with van der Waals surface area (Å²) in [6.45, 7) is 9.38. The molecule has 2 aliphatic rings. The van der Waals surface area contributed by atoms with Gasteiger partial charge in [0, 0.05) is 25.7 Å². The molecule has 2 heterocycles. The maximum absolute atomic E-state index is 14.4. The molecular weight excluding hydrogens is 577 g/mol. The van der Waals surface area contributed by atoms with Crippen molar-refractivity contribution in [2.24, 2.45) is 0 Å². The number of ether oxygens (including phenoxy) is 7. The number of hydrogen-bond donors (Lipinski definition) is 1. The number of benzene rings is 2. The van der Waals surface area contributed by atoms with Gasteiger partial charge in [-0.1, -0.05) is 60.7 Å². The maximum atomic E-state index is 14.4. The number of carbonyl (C=O) groups excluding carboxylic acids is 1. The van der Waals surface area contributed by atoms with Gasteiger partial charge in [-0.05, 0) is 33.3 Å². The van der Waals surface area contributed by atoms with E-state index in [2.05, 4.69) is 5.32 Å². The third-order valence-corrected chi connectivity index (χ3v) is 9.92. The van der Waals surface area contributed by atoms with Gasteiger partial charge in [-0.25, -0.2) is 0 Å². The van der Waals surface area contributed by atoms with Crippen LogP contribution < -0.4 is 5.32 Å². The van der Waals surface area contributed by atoms with Gasteiger partial charge in [0.05, 0.1) is 19.8 Å². The summed E-state index contributed by atoms with van der Waals surface area (Å²) in [4.78, 5) is 12.5. The minimum absolute atomic E-state index is 0.147. The van der Waals surface area contributed by atoms with E-state index in [0.29, 0.717) is 0 Å². The molecule has 11 nitrogen and oxygen atoms in total. The molecule has 2 aromatic rings. The van der Waals surface area contributed by atoms with E-state index in [4.69, 9.17) is 37.7 Å². The molecule has 12 heteroatoms. The SMILES string of the molecule is CCOC(C)(OCC)P(=O)(CO[C@@H]1[C@@H](NC(C)=O)[C@@H](OCc2ccccc2)O[C@@H]2COC(c3ccccc3)O[C@@H]12)OCC. The topological polar surface area (TPSA) is 120 Å². The van der Waals surface area contributed by atoms with Crippen molar-refractivity contribution < 1.29 is 47.0 Å². The average molecular weight is 622 g/mol. The smallest absolute Gasteiger partial charge is 0.285 e. The molecule has 0 bridgehead atoms. The van der Waals surface area contributed by atoms with Crippen LogP contribution in [-0.4, -0.2) is 74.9 Å². The van der Waals surface area contributed by atoms with Crippen molar-refractivity contribution in [2.45, 2.75) is 83.7 Å². The van der Waals surface area contributed by atoms with Gasteiger partial charge in [0.15, 0.2) is 12.6 Å². The molecule has 2 aliphatic heterocycles. The maximum Gasteiger partial charge on any atom is 0.285 e. The van der Waals surface area contributed by atoms with Gasteiger partial charge in [0.2, 0.25) is 11.4 Å². The van der Waals surface area contributed by atoms with Gasteiger partial charge in [0.25, 0.3) is 7.37 Å². The summed E-state index contributed by atoms with van der Waals surface area (Å²) in [6, 6.07) is 18.3. The lowest BCUT2D eigenvalue weighted by atomic mass is 9.95. The lowest BCUT2D eigenvalue weighted by Gasteiger charge is -2.49. The molecule has 238 valence electrons. The second-order valence-electron chi connectivity index (χ2n) is 10.4. The number of amides is 1. The molecule has 2 unspecified atom stereocenters. The number of carbonyl (C=O) groups is 1. The first-order valence-electron chi connectivity index (χ1n) is 14.8.